The van der Waals surface area contributed by atoms with Crippen molar-refractivity contribution in [2.45, 2.75) is 4.90 Å². The van der Waals surface area contributed by atoms with E-state index in [0.29, 0.717) is 5.02 Å². The number of fused-ring (bicyclic) bond motifs is 2. The van der Waals surface area contributed by atoms with Gasteiger partial charge in [0.1, 0.15) is 24.2 Å². The zero-order valence-electron chi connectivity index (χ0n) is 32.1. The molecule has 14 heteroatoms. The monoisotopic (exact) mass is 832 g/mol. The molecule has 10 aromatic rings. The summed E-state index contributed by atoms with van der Waals surface area (Å²) in [6.45, 7) is 0. The smallest absolute Gasteiger partial charge is 0.175 e. The van der Waals surface area contributed by atoms with Gasteiger partial charge in [-0.3, -0.25) is 9.13 Å². The maximum absolute atomic E-state index is 13.3. The Balaban J connectivity index is 0.000000154. The first kappa shape index (κ1) is 38.2. The number of hydrogen-bond donors (Lipinski definition) is 0. The number of methoxy groups -OCH3 is 1. The van der Waals surface area contributed by atoms with Gasteiger partial charge in [0.15, 0.2) is 9.84 Å². The molecule has 0 amide bonds. The summed E-state index contributed by atoms with van der Waals surface area (Å²) < 4.78 is 49.7. The average Bonchev–Trinajstić information content (AvgIpc) is 4.11. The maximum atomic E-state index is 13.3. The van der Waals surface area contributed by atoms with Crippen LogP contribution in [-0.2, 0) is 9.84 Å². The highest BCUT2D eigenvalue weighted by Gasteiger charge is 2.14. The summed E-state index contributed by atoms with van der Waals surface area (Å²) in [5.41, 5.74) is 11.0. The average molecular weight is 833 g/mol. The van der Waals surface area contributed by atoms with Crippen LogP contribution >= 0.6 is 11.6 Å². The van der Waals surface area contributed by atoms with Crippen LogP contribution in [0.25, 0.3) is 67.3 Å². The van der Waals surface area contributed by atoms with E-state index >= 15 is 0 Å². The molecule has 296 valence electrons. The van der Waals surface area contributed by atoms with Gasteiger partial charge in [0.2, 0.25) is 0 Å². The van der Waals surface area contributed by atoms with Gasteiger partial charge in [-0.1, -0.05) is 23.7 Å². The third-order valence-corrected chi connectivity index (χ3v) is 11.4. The first-order chi connectivity index (χ1) is 29.1. The van der Waals surface area contributed by atoms with Gasteiger partial charge in [-0.25, -0.2) is 32.1 Å². The molecule has 4 aromatic heterocycles. The molecule has 0 radical (unpaired) electrons. The molecular weight excluding hydrogens is 799 g/mol. The van der Waals surface area contributed by atoms with Gasteiger partial charge >= 0.3 is 0 Å². The van der Waals surface area contributed by atoms with Crippen LogP contribution in [0.4, 0.5) is 4.39 Å². The highest BCUT2D eigenvalue weighted by Crippen LogP contribution is 2.30. The number of benzene rings is 6. The SMILES string of the molecule is COc1ccc(-n2cnc3ccc(-c4ccnn4-c4ccc(Cl)cc4)cc32)cc1.CS(=O)(=O)c1ccc(-n2cnc3ccc(-c4ccnn4-c4ccc(F)cc4)cc32)cc1. The largest absolute Gasteiger partial charge is 0.497 e. The highest BCUT2D eigenvalue weighted by atomic mass is 35.5. The third kappa shape index (κ3) is 7.54. The van der Waals surface area contributed by atoms with Crippen molar-refractivity contribution in [3.8, 4) is 51.0 Å². The fraction of sp³-hybridized carbons (Fsp3) is 0.0435. The summed E-state index contributed by atoms with van der Waals surface area (Å²) in [7, 11) is -1.59. The molecule has 60 heavy (non-hydrogen) atoms. The Bertz CT molecular complexity index is 3230. The predicted molar refractivity (Wildman–Crippen MR) is 232 cm³/mol. The first-order valence-corrected chi connectivity index (χ1v) is 20.9. The maximum Gasteiger partial charge on any atom is 0.175 e. The number of imidazole rings is 2. The van der Waals surface area contributed by atoms with Crippen molar-refractivity contribution in [2.24, 2.45) is 0 Å². The number of nitrogens with zero attached hydrogens (tertiary/aromatic N) is 8. The summed E-state index contributed by atoms with van der Waals surface area (Å²) >= 11 is 6.03. The van der Waals surface area contributed by atoms with Crippen molar-refractivity contribution < 1.29 is 17.5 Å². The first-order valence-electron chi connectivity index (χ1n) is 18.6. The standard InChI is InChI=1S/C23H17ClN4O.C23H17FN4O2S/c1-29-20-9-7-18(8-10-20)27-15-25-21-11-2-16(14-23(21)27)22-12-13-26-28(22)19-5-3-17(24)4-6-19;1-31(29,30)20-9-7-18(8-10-20)27-15-25-21-11-2-16(14-23(21)27)22-12-13-26-28(22)19-5-3-17(24)4-6-19/h2-15H,1H3;2-15H,1H3. The molecule has 0 N–H and O–H groups in total. The van der Waals surface area contributed by atoms with E-state index in [1.54, 1.807) is 66.9 Å². The molecule has 0 fully saturated rings. The molecule has 11 nitrogen and oxygen atoms in total. The summed E-state index contributed by atoms with van der Waals surface area (Å²) in [5.74, 6) is 0.524. The van der Waals surface area contributed by atoms with E-state index in [1.807, 2.05) is 101 Å². The van der Waals surface area contributed by atoms with E-state index in [9.17, 15) is 12.8 Å². The lowest BCUT2D eigenvalue weighted by atomic mass is 10.1. The van der Waals surface area contributed by atoms with Crippen molar-refractivity contribution >= 4 is 43.5 Å². The Morgan fingerprint density at radius 1 is 0.567 bits per heavy atom. The van der Waals surface area contributed by atoms with E-state index in [1.165, 1.54) is 18.4 Å². The van der Waals surface area contributed by atoms with Crippen LogP contribution in [0.1, 0.15) is 0 Å². The predicted octanol–water partition coefficient (Wildman–Crippen LogP) is 9.96. The molecule has 10 rings (SSSR count). The molecule has 6 aromatic carbocycles. The summed E-state index contributed by atoms with van der Waals surface area (Å²) in [5, 5.41) is 9.59. The Hall–Kier alpha value is -7.35. The minimum atomic E-state index is -3.26. The molecule has 0 saturated heterocycles. The number of halogens is 2. The Morgan fingerprint density at radius 2 is 1.02 bits per heavy atom. The van der Waals surface area contributed by atoms with Crippen LogP contribution in [0.2, 0.25) is 5.02 Å². The molecule has 0 saturated carbocycles. The highest BCUT2D eigenvalue weighted by molar-refractivity contribution is 7.90. The van der Waals surface area contributed by atoms with E-state index in [2.05, 4.69) is 36.9 Å². The second-order valence-electron chi connectivity index (χ2n) is 13.8. The number of hydrogen-bond acceptors (Lipinski definition) is 7. The number of aromatic nitrogens is 8. The Kier molecular flexibility index (Phi) is 10.0. The lowest BCUT2D eigenvalue weighted by Gasteiger charge is -2.09. The van der Waals surface area contributed by atoms with Crippen LogP contribution in [0, 0.1) is 5.82 Å². The quantitative estimate of drug-likeness (QED) is 0.150. The van der Waals surface area contributed by atoms with Crippen molar-refractivity contribution in [1.82, 2.24) is 38.7 Å². The minimum Gasteiger partial charge on any atom is -0.497 e. The molecule has 0 bridgehead atoms. The molecule has 0 unspecified atom stereocenters. The Morgan fingerprint density at radius 3 is 1.48 bits per heavy atom. The van der Waals surface area contributed by atoms with Gasteiger partial charge in [-0.2, -0.15) is 10.2 Å². The molecule has 0 spiro atoms. The number of sulfone groups is 1. The fourth-order valence-electron chi connectivity index (χ4n) is 6.96. The van der Waals surface area contributed by atoms with Crippen LogP contribution in [0.3, 0.4) is 0 Å². The summed E-state index contributed by atoms with van der Waals surface area (Å²) in [4.78, 5) is 9.27. The molecule has 4 heterocycles. The van der Waals surface area contributed by atoms with Crippen molar-refractivity contribution in [1.29, 1.82) is 0 Å². The van der Waals surface area contributed by atoms with E-state index in [0.717, 1.165) is 73.1 Å². The lowest BCUT2D eigenvalue weighted by Crippen LogP contribution is -1.99. The second-order valence-corrected chi connectivity index (χ2v) is 16.3. The van der Waals surface area contributed by atoms with Crippen LogP contribution in [0.5, 0.6) is 5.75 Å². The van der Waals surface area contributed by atoms with Gasteiger partial charge in [0.05, 0.1) is 69.2 Å². The Labute approximate surface area is 349 Å². The fourth-order valence-corrected chi connectivity index (χ4v) is 7.72. The van der Waals surface area contributed by atoms with E-state index in [4.69, 9.17) is 16.3 Å². The number of rotatable bonds is 8. The van der Waals surface area contributed by atoms with Gasteiger partial charge < -0.3 is 4.74 Å². The molecule has 0 aliphatic rings. The van der Waals surface area contributed by atoms with E-state index < -0.39 is 9.84 Å². The second kappa shape index (κ2) is 15.8. The molecule has 0 atom stereocenters. The zero-order chi connectivity index (χ0) is 41.4. The van der Waals surface area contributed by atoms with Gasteiger partial charge in [0.25, 0.3) is 0 Å². The third-order valence-electron chi connectivity index (χ3n) is 10.0. The summed E-state index contributed by atoms with van der Waals surface area (Å²) in [6.07, 6.45) is 8.23. The van der Waals surface area contributed by atoms with Crippen LogP contribution < -0.4 is 4.74 Å². The zero-order valence-corrected chi connectivity index (χ0v) is 33.7. The van der Waals surface area contributed by atoms with Crippen molar-refractivity contribution in [2.75, 3.05) is 13.4 Å². The molecule has 0 aliphatic heterocycles. The van der Waals surface area contributed by atoms with Crippen LogP contribution in [-0.4, -0.2) is 60.4 Å². The topological polar surface area (TPSA) is 115 Å². The lowest BCUT2D eigenvalue weighted by molar-refractivity contribution is 0.415. The van der Waals surface area contributed by atoms with Gasteiger partial charge in [-0.15, -0.1) is 0 Å². The van der Waals surface area contributed by atoms with Crippen molar-refractivity contribution in [3.05, 3.63) is 181 Å². The summed E-state index contributed by atoms with van der Waals surface area (Å²) in [6, 6.07) is 44.4. The number of ether oxygens (including phenoxy) is 1. The van der Waals surface area contributed by atoms with Gasteiger partial charge in [0, 0.05) is 33.8 Å². The van der Waals surface area contributed by atoms with E-state index in [-0.39, 0.29) is 10.7 Å². The normalized spacial score (nSPS) is 11.5. The minimum absolute atomic E-state index is 0.268. The van der Waals surface area contributed by atoms with Crippen LogP contribution in [0.15, 0.2) is 176 Å². The molecule has 0 aliphatic carbocycles. The molecular formula is C46H34ClFN8O3S. The van der Waals surface area contributed by atoms with Crippen molar-refractivity contribution in [3.63, 3.8) is 0 Å². The van der Waals surface area contributed by atoms with Gasteiger partial charge in [-0.05, 0) is 133 Å².